The smallest absolute Gasteiger partial charge is 0.257 e. The first-order valence-electron chi connectivity index (χ1n) is 9.06. The van der Waals surface area contributed by atoms with Crippen molar-refractivity contribution in [1.29, 1.82) is 0 Å². The average Bonchev–Trinajstić information content (AvgIpc) is 2.68. The number of hydrogen-bond acceptors (Lipinski definition) is 5. The third-order valence-electron chi connectivity index (χ3n) is 4.22. The minimum absolute atomic E-state index is 0.159. The molecule has 0 spiro atoms. The van der Waals surface area contributed by atoms with E-state index in [-0.39, 0.29) is 5.91 Å². The van der Waals surface area contributed by atoms with Gasteiger partial charge in [-0.2, -0.15) is 0 Å². The third kappa shape index (κ3) is 4.73. The summed E-state index contributed by atoms with van der Waals surface area (Å²) in [7, 11) is 0. The van der Waals surface area contributed by atoms with E-state index < -0.39 is 0 Å². The van der Waals surface area contributed by atoms with Gasteiger partial charge in [-0.25, -0.2) is 4.98 Å². The van der Waals surface area contributed by atoms with Crippen LogP contribution in [0, 0.1) is 5.92 Å². The van der Waals surface area contributed by atoms with Crippen LogP contribution in [0.25, 0.3) is 0 Å². The normalized spacial score (nSPS) is 14.3. The summed E-state index contributed by atoms with van der Waals surface area (Å²) in [6.07, 6.45) is 1.61. The molecule has 1 aliphatic rings. The van der Waals surface area contributed by atoms with Crippen LogP contribution >= 0.6 is 0 Å². The quantitative estimate of drug-likeness (QED) is 0.834. The molecule has 26 heavy (non-hydrogen) atoms. The molecule has 138 valence electrons. The summed E-state index contributed by atoms with van der Waals surface area (Å²) in [5.41, 5.74) is 2.37. The summed E-state index contributed by atoms with van der Waals surface area (Å²) in [4.78, 5) is 19.2. The maximum Gasteiger partial charge on any atom is 0.257 e. The van der Waals surface area contributed by atoms with Crippen LogP contribution in [0.5, 0.6) is 0 Å². The molecule has 0 atom stereocenters. The van der Waals surface area contributed by atoms with E-state index >= 15 is 0 Å². The molecule has 0 saturated carbocycles. The third-order valence-corrected chi connectivity index (χ3v) is 4.22. The van der Waals surface area contributed by atoms with Crippen molar-refractivity contribution >= 4 is 23.1 Å². The van der Waals surface area contributed by atoms with Crippen LogP contribution in [0.4, 0.5) is 17.2 Å². The molecule has 1 saturated heterocycles. The second kappa shape index (κ2) is 8.67. The van der Waals surface area contributed by atoms with E-state index in [1.54, 1.807) is 12.3 Å². The number of morpholine rings is 1. The number of nitrogens with one attached hydrogen (secondary N) is 2. The number of pyridine rings is 1. The maximum atomic E-state index is 12.6. The van der Waals surface area contributed by atoms with E-state index in [1.807, 2.05) is 30.3 Å². The van der Waals surface area contributed by atoms with Crippen molar-refractivity contribution < 1.29 is 9.53 Å². The molecular formula is C20H26N4O2. The minimum Gasteiger partial charge on any atom is -0.378 e. The van der Waals surface area contributed by atoms with Crippen LogP contribution in [0.1, 0.15) is 24.2 Å². The summed E-state index contributed by atoms with van der Waals surface area (Å²) >= 11 is 0. The number of nitrogens with zero attached hydrogens (tertiary/aromatic N) is 2. The molecule has 2 N–H and O–H groups in total. The molecule has 1 aromatic heterocycles. The topological polar surface area (TPSA) is 66.5 Å². The number of ether oxygens (including phenoxy) is 1. The summed E-state index contributed by atoms with van der Waals surface area (Å²) < 4.78 is 5.41. The monoisotopic (exact) mass is 354 g/mol. The molecule has 6 nitrogen and oxygen atoms in total. The second-order valence-electron chi connectivity index (χ2n) is 6.78. The van der Waals surface area contributed by atoms with Gasteiger partial charge in [-0.3, -0.25) is 4.79 Å². The fourth-order valence-corrected chi connectivity index (χ4v) is 2.80. The van der Waals surface area contributed by atoms with Gasteiger partial charge in [0.25, 0.3) is 5.91 Å². The van der Waals surface area contributed by atoms with Gasteiger partial charge in [0, 0.05) is 25.8 Å². The summed E-state index contributed by atoms with van der Waals surface area (Å²) in [6, 6.07) is 11.5. The first-order chi connectivity index (χ1) is 12.6. The van der Waals surface area contributed by atoms with E-state index in [1.165, 1.54) is 0 Å². The SMILES string of the molecule is CC(C)CNc1ccc(C(=O)Nc2ccccc2N2CCOCC2)cn1. The highest BCUT2D eigenvalue weighted by molar-refractivity contribution is 6.05. The minimum atomic E-state index is -0.159. The molecule has 1 aliphatic heterocycles. The van der Waals surface area contributed by atoms with E-state index in [2.05, 4.69) is 34.4 Å². The lowest BCUT2D eigenvalue weighted by Gasteiger charge is -2.30. The zero-order valence-corrected chi connectivity index (χ0v) is 15.4. The highest BCUT2D eigenvalue weighted by Crippen LogP contribution is 2.26. The molecule has 2 heterocycles. The standard InChI is InChI=1S/C20H26N4O2/c1-15(2)13-21-19-8-7-16(14-22-19)20(25)23-17-5-3-4-6-18(17)24-9-11-26-12-10-24/h3-8,14-15H,9-13H2,1-2H3,(H,21,22)(H,23,25). The van der Waals surface area contributed by atoms with Gasteiger partial charge < -0.3 is 20.3 Å². The van der Waals surface area contributed by atoms with Crippen LogP contribution < -0.4 is 15.5 Å². The van der Waals surface area contributed by atoms with Gasteiger partial charge in [0.05, 0.1) is 30.2 Å². The Morgan fingerprint density at radius 2 is 1.96 bits per heavy atom. The number of carbonyl (C=O) groups is 1. The first kappa shape index (κ1) is 18.2. The predicted molar refractivity (Wildman–Crippen MR) is 105 cm³/mol. The molecule has 0 bridgehead atoms. The molecule has 3 rings (SSSR count). The lowest BCUT2D eigenvalue weighted by atomic mass is 10.2. The number of amides is 1. The molecular weight excluding hydrogens is 328 g/mol. The fourth-order valence-electron chi connectivity index (χ4n) is 2.80. The van der Waals surface area contributed by atoms with E-state index in [9.17, 15) is 4.79 Å². The van der Waals surface area contributed by atoms with Crippen molar-refractivity contribution in [2.45, 2.75) is 13.8 Å². The number of para-hydroxylation sites is 2. The average molecular weight is 354 g/mol. The summed E-state index contributed by atoms with van der Waals surface area (Å²) in [6.45, 7) is 8.19. The Kier molecular flexibility index (Phi) is 6.07. The van der Waals surface area contributed by atoms with Crippen LogP contribution in [-0.4, -0.2) is 43.7 Å². The zero-order chi connectivity index (χ0) is 18.4. The number of benzene rings is 1. The van der Waals surface area contributed by atoms with Gasteiger partial charge >= 0.3 is 0 Å². The number of aromatic nitrogens is 1. The molecule has 0 aliphatic carbocycles. The zero-order valence-electron chi connectivity index (χ0n) is 15.4. The fraction of sp³-hybridized carbons (Fsp3) is 0.400. The summed E-state index contributed by atoms with van der Waals surface area (Å²) in [5, 5.41) is 6.26. The van der Waals surface area contributed by atoms with Gasteiger partial charge in [0.1, 0.15) is 5.82 Å². The maximum absolute atomic E-state index is 12.6. The van der Waals surface area contributed by atoms with Crippen LogP contribution in [0.15, 0.2) is 42.6 Å². The lowest BCUT2D eigenvalue weighted by Crippen LogP contribution is -2.36. The predicted octanol–water partition coefficient (Wildman–Crippen LogP) is 3.24. The molecule has 6 heteroatoms. The van der Waals surface area contributed by atoms with Gasteiger partial charge in [-0.1, -0.05) is 26.0 Å². The van der Waals surface area contributed by atoms with Crippen LogP contribution in [0.2, 0.25) is 0 Å². The Morgan fingerprint density at radius 3 is 2.65 bits per heavy atom. The van der Waals surface area contributed by atoms with E-state index in [4.69, 9.17) is 4.74 Å². The van der Waals surface area contributed by atoms with Crippen molar-refractivity contribution in [1.82, 2.24) is 4.98 Å². The van der Waals surface area contributed by atoms with Crippen LogP contribution in [-0.2, 0) is 4.74 Å². The van der Waals surface area contributed by atoms with Gasteiger partial charge in [0.2, 0.25) is 0 Å². The van der Waals surface area contributed by atoms with Crippen molar-refractivity contribution in [2.24, 2.45) is 5.92 Å². The second-order valence-corrected chi connectivity index (χ2v) is 6.78. The molecule has 1 fully saturated rings. The number of hydrogen-bond donors (Lipinski definition) is 2. The van der Waals surface area contributed by atoms with Gasteiger partial charge in [-0.05, 0) is 30.2 Å². The lowest BCUT2D eigenvalue weighted by molar-refractivity contribution is 0.102. The largest absolute Gasteiger partial charge is 0.378 e. The highest BCUT2D eigenvalue weighted by Gasteiger charge is 2.16. The Balaban J connectivity index is 1.68. The van der Waals surface area contributed by atoms with Crippen molar-refractivity contribution in [3.8, 4) is 0 Å². The van der Waals surface area contributed by atoms with Crippen molar-refractivity contribution in [2.75, 3.05) is 48.4 Å². The highest BCUT2D eigenvalue weighted by atomic mass is 16.5. The van der Waals surface area contributed by atoms with E-state index in [0.717, 1.165) is 36.8 Å². The molecule has 2 aromatic rings. The molecule has 1 amide bonds. The van der Waals surface area contributed by atoms with Crippen LogP contribution in [0.3, 0.4) is 0 Å². The Bertz CT molecular complexity index is 725. The Hall–Kier alpha value is -2.60. The van der Waals surface area contributed by atoms with Crippen molar-refractivity contribution in [3.63, 3.8) is 0 Å². The molecule has 0 radical (unpaired) electrons. The van der Waals surface area contributed by atoms with E-state index in [0.29, 0.717) is 24.7 Å². The van der Waals surface area contributed by atoms with Crippen molar-refractivity contribution in [3.05, 3.63) is 48.2 Å². The summed E-state index contributed by atoms with van der Waals surface area (Å²) in [5.74, 6) is 1.16. The number of carbonyl (C=O) groups excluding carboxylic acids is 1. The Labute approximate surface area is 154 Å². The molecule has 1 aromatic carbocycles. The number of anilines is 3. The molecule has 0 unspecified atom stereocenters. The number of rotatable bonds is 6. The van der Waals surface area contributed by atoms with Gasteiger partial charge in [-0.15, -0.1) is 0 Å². The first-order valence-corrected chi connectivity index (χ1v) is 9.06. The van der Waals surface area contributed by atoms with Gasteiger partial charge in [0.15, 0.2) is 0 Å². The Morgan fingerprint density at radius 1 is 1.19 bits per heavy atom.